The van der Waals surface area contributed by atoms with E-state index in [4.69, 9.17) is 0 Å². The highest BCUT2D eigenvalue weighted by atomic mass is 16.2. The van der Waals surface area contributed by atoms with E-state index < -0.39 is 17.4 Å². The van der Waals surface area contributed by atoms with Crippen molar-refractivity contribution >= 4 is 30.2 Å². The molecule has 6 heteroatoms. The van der Waals surface area contributed by atoms with Crippen LogP contribution in [0, 0.1) is 0 Å². The first-order chi connectivity index (χ1) is 11.1. The Morgan fingerprint density at radius 3 is 2.70 bits per heavy atom. The molecule has 0 bridgehead atoms. The van der Waals surface area contributed by atoms with E-state index in [-0.39, 0.29) is 5.91 Å². The number of hydrogen-bond donors (Lipinski definition) is 1. The van der Waals surface area contributed by atoms with Crippen molar-refractivity contribution in [2.75, 3.05) is 4.90 Å². The number of carbonyl (C=O) groups is 4. The second kappa shape index (κ2) is 5.61. The smallest absolute Gasteiger partial charge is 0.249 e. The topological polar surface area (TPSA) is 83.6 Å². The zero-order valence-corrected chi connectivity index (χ0v) is 12.9. The van der Waals surface area contributed by atoms with E-state index in [0.29, 0.717) is 30.5 Å². The van der Waals surface area contributed by atoms with Crippen LogP contribution in [0.5, 0.6) is 0 Å². The summed E-state index contributed by atoms with van der Waals surface area (Å²) in [5.41, 5.74) is 1.45. The van der Waals surface area contributed by atoms with Gasteiger partial charge in [-0.1, -0.05) is 13.3 Å². The number of imide groups is 1. The van der Waals surface area contributed by atoms with Crippen LogP contribution in [-0.2, 0) is 19.8 Å². The molecular formula is C17H18N2O4. The zero-order valence-electron chi connectivity index (χ0n) is 12.9. The molecule has 1 aliphatic heterocycles. The van der Waals surface area contributed by atoms with E-state index in [0.717, 1.165) is 24.7 Å². The maximum absolute atomic E-state index is 12.9. The van der Waals surface area contributed by atoms with E-state index in [1.807, 2.05) is 6.92 Å². The molecule has 1 saturated carbocycles. The molecule has 6 nitrogen and oxygen atoms in total. The Kier molecular flexibility index (Phi) is 3.75. The normalized spacial score (nSPS) is 18.5. The molecule has 1 spiro atoms. The number of rotatable bonds is 6. The maximum atomic E-state index is 12.9. The molecule has 1 N–H and O–H groups in total. The third kappa shape index (κ3) is 2.25. The van der Waals surface area contributed by atoms with Gasteiger partial charge in [-0.15, -0.1) is 0 Å². The maximum Gasteiger partial charge on any atom is 0.249 e. The lowest BCUT2D eigenvalue weighted by Crippen LogP contribution is -2.49. The molecule has 0 aromatic heterocycles. The van der Waals surface area contributed by atoms with Gasteiger partial charge in [-0.05, 0) is 43.0 Å². The van der Waals surface area contributed by atoms with E-state index in [1.165, 1.54) is 4.90 Å². The second-order valence-electron chi connectivity index (χ2n) is 6.08. The summed E-state index contributed by atoms with van der Waals surface area (Å²) in [4.78, 5) is 48.3. The quantitative estimate of drug-likeness (QED) is 0.803. The van der Waals surface area contributed by atoms with Crippen LogP contribution in [0.25, 0.3) is 0 Å². The minimum absolute atomic E-state index is 0.102. The molecule has 2 aliphatic rings. The van der Waals surface area contributed by atoms with Crippen molar-refractivity contribution in [2.24, 2.45) is 0 Å². The van der Waals surface area contributed by atoms with Gasteiger partial charge in [-0.3, -0.25) is 29.4 Å². The van der Waals surface area contributed by atoms with Crippen LogP contribution in [0.1, 0.15) is 48.5 Å². The van der Waals surface area contributed by atoms with E-state index in [2.05, 4.69) is 5.32 Å². The first-order valence-corrected chi connectivity index (χ1v) is 7.76. The van der Waals surface area contributed by atoms with Crippen LogP contribution in [0.4, 0.5) is 5.69 Å². The van der Waals surface area contributed by atoms with Gasteiger partial charge in [-0.25, -0.2) is 0 Å². The molecular weight excluding hydrogens is 296 g/mol. The molecule has 0 radical (unpaired) electrons. The zero-order chi connectivity index (χ0) is 16.6. The number of fused-ring (bicyclic) bond motifs is 2. The highest BCUT2D eigenvalue weighted by Crippen LogP contribution is 2.58. The van der Waals surface area contributed by atoms with Crippen molar-refractivity contribution in [1.82, 2.24) is 5.32 Å². The van der Waals surface area contributed by atoms with Gasteiger partial charge in [0.25, 0.3) is 0 Å². The highest BCUT2D eigenvalue weighted by Gasteiger charge is 2.60. The molecule has 120 valence electrons. The molecule has 3 rings (SSSR count). The molecule has 1 aromatic carbocycles. The fourth-order valence-electron chi connectivity index (χ4n) is 3.40. The van der Waals surface area contributed by atoms with Crippen molar-refractivity contribution in [3.05, 3.63) is 29.3 Å². The largest absolute Gasteiger partial charge is 0.299 e. The van der Waals surface area contributed by atoms with Crippen LogP contribution in [0.15, 0.2) is 18.2 Å². The monoisotopic (exact) mass is 314 g/mol. The van der Waals surface area contributed by atoms with Crippen LogP contribution in [0.2, 0.25) is 0 Å². The summed E-state index contributed by atoms with van der Waals surface area (Å²) in [6.45, 7) is 1.92. The predicted molar refractivity (Wildman–Crippen MR) is 83.1 cm³/mol. The second-order valence-corrected chi connectivity index (χ2v) is 6.08. The molecule has 23 heavy (non-hydrogen) atoms. The summed E-state index contributed by atoms with van der Waals surface area (Å²) in [5.74, 6) is -0.576. The summed E-state index contributed by atoms with van der Waals surface area (Å²) >= 11 is 0. The molecule has 1 unspecified atom stereocenters. The van der Waals surface area contributed by atoms with Gasteiger partial charge >= 0.3 is 0 Å². The minimum atomic E-state index is -0.710. The lowest BCUT2D eigenvalue weighted by molar-refractivity contribution is -0.129. The summed E-state index contributed by atoms with van der Waals surface area (Å²) in [6.07, 6.45) is 3.73. The van der Waals surface area contributed by atoms with Gasteiger partial charge in [-0.2, -0.15) is 0 Å². The number of carbonyl (C=O) groups excluding carboxylic acids is 4. The fraction of sp³-hybridized carbons (Fsp3) is 0.412. The van der Waals surface area contributed by atoms with Crippen molar-refractivity contribution in [3.63, 3.8) is 0 Å². The number of anilines is 1. The molecule has 0 saturated heterocycles. The van der Waals surface area contributed by atoms with Gasteiger partial charge in [0.15, 0.2) is 0 Å². The minimum Gasteiger partial charge on any atom is -0.299 e. The van der Waals surface area contributed by atoms with Crippen molar-refractivity contribution in [3.8, 4) is 0 Å². The van der Waals surface area contributed by atoms with Gasteiger partial charge < -0.3 is 0 Å². The third-order valence-corrected chi connectivity index (χ3v) is 4.69. The van der Waals surface area contributed by atoms with Crippen LogP contribution >= 0.6 is 0 Å². The molecule has 1 aromatic rings. The predicted octanol–water partition coefficient (Wildman–Crippen LogP) is 1.32. The van der Waals surface area contributed by atoms with Crippen molar-refractivity contribution in [1.29, 1.82) is 0 Å². The average molecular weight is 314 g/mol. The number of aldehydes is 1. The first-order valence-electron chi connectivity index (χ1n) is 7.76. The van der Waals surface area contributed by atoms with Crippen LogP contribution in [-0.4, -0.2) is 30.6 Å². The van der Waals surface area contributed by atoms with Crippen LogP contribution in [0.3, 0.4) is 0 Å². The third-order valence-electron chi connectivity index (χ3n) is 4.69. The summed E-state index contributed by atoms with van der Waals surface area (Å²) in [6, 6.07) is 4.40. The number of hydrogen-bond acceptors (Lipinski definition) is 4. The highest BCUT2D eigenvalue weighted by molar-refractivity contribution is 6.14. The van der Waals surface area contributed by atoms with E-state index in [9.17, 15) is 19.2 Å². The van der Waals surface area contributed by atoms with Crippen LogP contribution < -0.4 is 10.2 Å². The summed E-state index contributed by atoms with van der Waals surface area (Å²) in [7, 11) is 0. The van der Waals surface area contributed by atoms with Gasteiger partial charge in [0.2, 0.25) is 18.2 Å². The Bertz CT molecular complexity index is 694. The molecule has 1 fully saturated rings. The Balaban J connectivity index is 2.06. The lowest BCUT2D eigenvalue weighted by Gasteiger charge is -2.27. The number of amides is 3. The Morgan fingerprint density at radius 1 is 1.39 bits per heavy atom. The summed E-state index contributed by atoms with van der Waals surface area (Å²) in [5, 5.41) is 2.16. The number of nitrogens with one attached hydrogen (secondary N) is 1. The van der Waals surface area contributed by atoms with Gasteiger partial charge in [0, 0.05) is 11.3 Å². The van der Waals surface area contributed by atoms with Crippen molar-refractivity contribution in [2.45, 2.75) is 44.1 Å². The number of benzene rings is 1. The molecule has 1 heterocycles. The lowest BCUT2D eigenvalue weighted by atomic mass is 9.96. The average Bonchev–Trinajstić information content (AvgIpc) is 3.32. The van der Waals surface area contributed by atoms with E-state index >= 15 is 0 Å². The standard InChI is InChI=1S/C17H18N2O4/c1-2-3-14(15(22)18-10-21)19-13-5-4-11(9-20)8-12(13)17(6-7-17)16(19)23/h4-5,8-10,14H,2-3,6-7H2,1H3,(H,18,21,22). The van der Waals surface area contributed by atoms with Gasteiger partial charge in [0.05, 0.1) is 5.41 Å². The fourth-order valence-corrected chi connectivity index (χ4v) is 3.40. The Morgan fingerprint density at radius 2 is 2.13 bits per heavy atom. The Hall–Kier alpha value is -2.50. The van der Waals surface area contributed by atoms with Crippen molar-refractivity contribution < 1.29 is 19.2 Å². The molecule has 1 aliphatic carbocycles. The first kappa shape index (κ1) is 15.4. The summed E-state index contributed by atoms with van der Waals surface area (Å²) < 4.78 is 0. The van der Waals surface area contributed by atoms with E-state index in [1.54, 1.807) is 18.2 Å². The molecule has 3 amide bonds. The Labute approximate surface area is 133 Å². The van der Waals surface area contributed by atoms with Gasteiger partial charge in [0.1, 0.15) is 12.3 Å². The SMILES string of the molecule is CCCC(C(=O)NC=O)N1C(=O)C2(CC2)c2cc(C=O)ccc21. The number of nitrogens with zero attached hydrogens (tertiary/aromatic N) is 1. The molecule has 1 atom stereocenters.